The first kappa shape index (κ1) is 17.1. The summed E-state index contributed by atoms with van der Waals surface area (Å²) in [6, 6.07) is 12.4. The fourth-order valence-corrected chi connectivity index (χ4v) is 4.33. The molecule has 0 atom stereocenters. The number of aromatic nitrogens is 2. The van der Waals surface area contributed by atoms with E-state index in [2.05, 4.69) is 44.7 Å². The number of hydrogen-bond acceptors (Lipinski definition) is 4. The van der Waals surface area contributed by atoms with Gasteiger partial charge in [0.25, 0.3) is 5.91 Å². The zero-order valence-electron chi connectivity index (χ0n) is 15.9. The second kappa shape index (κ2) is 7.19. The second-order valence-corrected chi connectivity index (χ2v) is 7.64. The molecule has 0 aliphatic carbocycles. The van der Waals surface area contributed by atoms with Crippen molar-refractivity contribution in [2.24, 2.45) is 0 Å². The number of amides is 1. The number of carbonyl (C=O) groups is 1. The number of aryl methyl sites for hydroxylation is 1. The molecule has 1 fully saturated rings. The van der Waals surface area contributed by atoms with Crippen molar-refractivity contribution in [3.8, 4) is 0 Å². The van der Waals surface area contributed by atoms with Crippen molar-refractivity contribution >= 4 is 28.2 Å². The molecule has 1 aromatic heterocycles. The zero-order valence-corrected chi connectivity index (χ0v) is 15.9. The van der Waals surface area contributed by atoms with E-state index >= 15 is 0 Å². The molecule has 28 heavy (non-hydrogen) atoms. The number of piperazine rings is 1. The van der Waals surface area contributed by atoms with Gasteiger partial charge in [0.2, 0.25) is 0 Å². The van der Waals surface area contributed by atoms with Gasteiger partial charge in [-0.2, -0.15) is 5.10 Å². The van der Waals surface area contributed by atoms with Gasteiger partial charge in [0.1, 0.15) is 0 Å². The molecule has 5 rings (SSSR count). The van der Waals surface area contributed by atoms with Crippen LogP contribution in [0.15, 0.2) is 42.6 Å². The van der Waals surface area contributed by atoms with E-state index in [1.807, 2.05) is 23.2 Å². The van der Waals surface area contributed by atoms with Crippen molar-refractivity contribution in [3.05, 3.63) is 53.7 Å². The minimum absolute atomic E-state index is 0.146. The fourth-order valence-electron chi connectivity index (χ4n) is 4.33. The normalized spacial score (nSPS) is 17.1. The molecule has 1 amide bonds. The third kappa shape index (κ3) is 3.09. The lowest BCUT2D eigenvalue weighted by Gasteiger charge is -2.36. The Hall–Kier alpha value is -3.02. The molecular weight excluding hydrogens is 350 g/mol. The van der Waals surface area contributed by atoms with Crippen LogP contribution in [0.5, 0.6) is 0 Å². The monoisotopic (exact) mass is 375 g/mol. The maximum atomic E-state index is 13.1. The highest BCUT2D eigenvalue weighted by atomic mass is 16.2. The topological polar surface area (TPSA) is 64.3 Å². The Balaban J connectivity index is 1.30. The standard InChI is InChI=1S/C22H25N5O/c28-22(17-7-8-19-16(14-17)4-1-2-9-23-19)27-12-10-26(11-13-27)21-6-3-5-20-18(21)15-24-25-20/h3,5-8,14-15,23H,1-2,4,9-13H2,(H,24,25). The molecule has 2 N–H and O–H groups in total. The highest BCUT2D eigenvalue weighted by molar-refractivity contribution is 5.95. The summed E-state index contributed by atoms with van der Waals surface area (Å²) in [5.74, 6) is 0.146. The molecule has 0 saturated carbocycles. The summed E-state index contributed by atoms with van der Waals surface area (Å²) < 4.78 is 0. The van der Waals surface area contributed by atoms with Gasteiger partial charge < -0.3 is 15.1 Å². The number of anilines is 2. The summed E-state index contributed by atoms with van der Waals surface area (Å²) in [5, 5.41) is 11.8. The van der Waals surface area contributed by atoms with E-state index in [0.29, 0.717) is 0 Å². The number of nitrogens with zero attached hydrogens (tertiary/aromatic N) is 3. The van der Waals surface area contributed by atoms with Gasteiger partial charge in [-0.3, -0.25) is 9.89 Å². The number of H-pyrrole nitrogens is 1. The predicted molar refractivity (Wildman–Crippen MR) is 112 cm³/mol. The van der Waals surface area contributed by atoms with E-state index in [-0.39, 0.29) is 5.91 Å². The van der Waals surface area contributed by atoms with Crippen LogP contribution in [0, 0.1) is 0 Å². The molecule has 0 spiro atoms. The number of aromatic amines is 1. The van der Waals surface area contributed by atoms with Crippen LogP contribution in [0.4, 0.5) is 11.4 Å². The summed E-state index contributed by atoms with van der Waals surface area (Å²) in [5.41, 5.74) is 5.51. The van der Waals surface area contributed by atoms with Crippen LogP contribution >= 0.6 is 0 Å². The molecule has 6 nitrogen and oxygen atoms in total. The third-order valence-corrected chi connectivity index (χ3v) is 5.91. The molecule has 2 aliphatic heterocycles. The molecule has 2 aliphatic rings. The highest BCUT2D eigenvalue weighted by Crippen LogP contribution is 2.27. The Bertz CT molecular complexity index is 1000. The average molecular weight is 375 g/mol. The van der Waals surface area contributed by atoms with Gasteiger partial charge in [-0.05, 0) is 55.2 Å². The molecule has 3 aromatic rings. The molecule has 6 heteroatoms. The lowest BCUT2D eigenvalue weighted by atomic mass is 10.0. The van der Waals surface area contributed by atoms with E-state index in [0.717, 1.165) is 55.6 Å². The first-order chi connectivity index (χ1) is 13.8. The molecule has 0 unspecified atom stereocenters. The number of benzene rings is 2. The van der Waals surface area contributed by atoms with Crippen molar-refractivity contribution in [2.45, 2.75) is 19.3 Å². The maximum Gasteiger partial charge on any atom is 0.253 e. The van der Waals surface area contributed by atoms with E-state index in [9.17, 15) is 4.79 Å². The van der Waals surface area contributed by atoms with Crippen LogP contribution in [0.3, 0.4) is 0 Å². The van der Waals surface area contributed by atoms with Crippen molar-refractivity contribution in [1.29, 1.82) is 0 Å². The van der Waals surface area contributed by atoms with Crippen molar-refractivity contribution in [2.75, 3.05) is 42.9 Å². The van der Waals surface area contributed by atoms with Crippen molar-refractivity contribution in [1.82, 2.24) is 15.1 Å². The van der Waals surface area contributed by atoms with Gasteiger partial charge >= 0.3 is 0 Å². The largest absolute Gasteiger partial charge is 0.385 e. The van der Waals surface area contributed by atoms with Crippen LogP contribution in [-0.2, 0) is 6.42 Å². The van der Waals surface area contributed by atoms with Gasteiger partial charge in [0.15, 0.2) is 0 Å². The summed E-state index contributed by atoms with van der Waals surface area (Å²) >= 11 is 0. The van der Waals surface area contributed by atoms with Crippen molar-refractivity contribution < 1.29 is 4.79 Å². The Labute approximate surface area is 164 Å². The molecule has 1 saturated heterocycles. The first-order valence-electron chi connectivity index (χ1n) is 10.1. The number of carbonyl (C=O) groups excluding carboxylic acids is 1. The van der Waals surface area contributed by atoms with Crippen LogP contribution < -0.4 is 10.2 Å². The minimum Gasteiger partial charge on any atom is -0.385 e. The van der Waals surface area contributed by atoms with Crippen LogP contribution in [0.1, 0.15) is 28.8 Å². The number of fused-ring (bicyclic) bond motifs is 2. The number of nitrogens with one attached hydrogen (secondary N) is 2. The predicted octanol–water partition coefficient (Wildman–Crippen LogP) is 3.27. The smallest absolute Gasteiger partial charge is 0.253 e. The van der Waals surface area contributed by atoms with Gasteiger partial charge in [0.05, 0.1) is 11.7 Å². The maximum absolute atomic E-state index is 13.1. The third-order valence-electron chi connectivity index (χ3n) is 5.91. The highest BCUT2D eigenvalue weighted by Gasteiger charge is 2.24. The van der Waals surface area contributed by atoms with Crippen molar-refractivity contribution in [3.63, 3.8) is 0 Å². The molecule has 0 bridgehead atoms. The molecule has 0 radical (unpaired) electrons. The average Bonchev–Trinajstić information content (AvgIpc) is 3.11. The Morgan fingerprint density at radius 1 is 1.04 bits per heavy atom. The molecule has 3 heterocycles. The minimum atomic E-state index is 0.146. The van der Waals surface area contributed by atoms with Crippen LogP contribution in [0.25, 0.3) is 10.9 Å². The van der Waals surface area contributed by atoms with Crippen LogP contribution in [0.2, 0.25) is 0 Å². The van der Waals surface area contributed by atoms with E-state index < -0.39 is 0 Å². The lowest BCUT2D eigenvalue weighted by Crippen LogP contribution is -2.48. The number of hydrogen-bond donors (Lipinski definition) is 2. The first-order valence-corrected chi connectivity index (χ1v) is 10.1. The van der Waals surface area contributed by atoms with Gasteiger partial charge in [-0.25, -0.2) is 0 Å². The molecule has 2 aromatic carbocycles. The fraction of sp³-hybridized carbons (Fsp3) is 0.364. The van der Waals surface area contributed by atoms with Gasteiger partial charge in [-0.15, -0.1) is 0 Å². The van der Waals surface area contributed by atoms with Gasteiger partial charge in [0, 0.05) is 55.0 Å². The Kier molecular flexibility index (Phi) is 4.39. The summed E-state index contributed by atoms with van der Waals surface area (Å²) in [4.78, 5) is 17.4. The summed E-state index contributed by atoms with van der Waals surface area (Å²) in [6.45, 7) is 4.17. The molecular formula is C22H25N5O. The Morgan fingerprint density at radius 3 is 2.82 bits per heavy atom. The quantitative estimate of drug-likeness (QED) is 0.722. The zero-order chi connectivity index (χ0) is 18.9. The summed E-state index contributed by atoms with van der Waals surface area (Å²) in [7, 11) is 0. The van der Waals surface area contributed by atoms with E-state index in [4.69, 9.17) is 0 Å². The van der Waals surface area contributed by atoms with E-state index in [1.165, 1.54) is 29.8 Å². The summed E-state index contributed by atoms with van der Waals surface area (Å²) in [6.07, 6.45) is 5.29. The van der Waals surface area contributed by atoms with Crippen LogP contribution in [-0.4, -0.2) is 53.7 Å². The Morgan fingerprint density at radius 2 is 1.93 bits per heavy atom. The van der Waals surface area contributed by atoms with Gasteiger partial charge in [-0.1, -0.05) is 6.07 Å². The van der Waals surface area contributed by atoms with E-state index in [1.54, 1.807) is 0 Å². The molecule has 144 valence electrons. The number of rotatable bonds is 2. The SMILES string of the molecule is O=C(c1ccc2c(c1)CCCCN2)N1CCN(c2cccc3[nH]ncc23)CC1. The lowest BCUT2D eigenvalue weighted by molar-refractivity contribution is 0.0747. The second-order valence-electron chi connectivity index (χ2n) is 7.64.